The number of thioether (sulfide) groups is 1. The van der Waals surface area contributed by atoms with Crippen molar-refractivity contribution in [2.75, 3.05) is 19.8 Å². The summed E-state index contributed by atoms with van der Waals surface area (Å²) in [6.07, 6.45) is 3.11. The predicted octanol–water partition coefficient (Wildman–Crippen LogP) is 4.14. The van der Waals surface area contributed by atoms with Crippen LogP contribution in [0.15, 0.2) is 59.5 Å². The molecule has 2 rings (SSSR count). The Bertz CT molecular complexity index is 498. The lowest BCUT2D eigenvalue weighted by atomic mass is 10.1. The van der Waals surface area contributed by atoms with Crippen LogP contribution < -0.4 is 10.1 Å². The number of hydrogen-bond acceptors (Lipinski definition) is 3. The van der Waals surface area contributed by atoms with E-state index in [-0.39, 0.29) is 6.10 Å². The zero-order chi connectivity index (χ0) is 14.2. The molecule has 20 heavy (non-hydrogen) atoms. The van der Waals surface area contributed by atoms with Gasteiger partial charge in [0, 0.05) is 11.3 Å². The largest absolute Gasteiger partial charge is 0.486 e. The summed E-state index contributed by atoms with van der Waals surface area (Å²) in [4.78, 5) is 1.25. The van der Waals surface area contributed by atoms with Crippen molar-refractivity contribution in [1.29, 1.82) is 0 Å². The fourth-order valence-corrected chi connectivity index (χ4v) is 2.46. The Morgan fingerprint density at radius 2 is 1.75 bits per heavy atom. The molecule has 1 N–H and O–H groups in total. The van der Waals surface area contributed by atoms with Crippen molar-refractivity contribution in [3.63, 3.8) is 0 Å². The van der Waals surface area contributed by atoms with Crippen LogP contribution >= 0.6 is 11.8 Å². The van der Waals surface area contributed by atoms with Gasteiger partial charge in [0.2, 0.25) is 0 Å². The smallest absolute Gasteiger partial charge is 0.125 e. The molecule has 0 heterocycles. The summed E-state index contributed by atoms with van der Waals surface area (Å²) in [7, 11) is 1.97. The molecule has 0 amide bonds. The van der Waals surface area contributed by atoms with Crippen LogP contribution in [-0.4, -0.2) is 19.8 Å². The van der Waals surface area contributed by atoms with Crippen molar-refractivity contribution >= 4 is 11.8 Å². The van der Waals surface area contributed by atoms with Crippen LogP contribution in [0.5, 0.6) is 5.75 Å². The zero-order valence-electron chi connectivity index (χ0n) is 12.0. The Balaban J connectivity index is 2.10. The minimum Gasteiger partial charge on any atom is -0.486 e. The van der Waals surface area contributed by atoms with Crippen molar-refractivity contribution in [2.45, 2.75) is 17.4 Å². The molecule has 106 valence electrons. The van der Waals surface area contributed by atoms with E-state index in [4.69, 9.17) is 4.74 Å². The molecule has 0 unspecified atom stereocenters. The van der Waals surface area contributed by atoms with Gasteiger partial charge in [-0.2, -0.15) is 0 Å². The van der Waals surface area contributed by atoms with Crippen LogP contribution in [-0.2, 0) is 0 Å². The third kappa shape index (κ3) is 4.29. The maximum Gasteiger partial charge on any atom is 0.125 e. The van der Waals surface area contributed by atoms with E-state index in [1.54, 1.807) is 11.8 Å². The highest BCUT2D eigenvalue weighted by Gasteiger charge is 2.12. The van der Waals surface area contributed by atoms with Crippen LogP contribution in [0.1, 0.15) is 18.1 Å². The van der Waals surface area contributed by atoms with Gasteiger partial charge in [0.25, 0.3) is 0 Å². The monoisotopic (exact) mass is 287 g/mol. The molecule has 0 bridgehead atoms. The lowest BCUT2D eigenvalue weighted by molar-refractivity contribution is 0.195. The van der Waals surface area contributed by atoms with Gasteiger partial charge in [-0.1, -0.05) is 30.3 Å². The van der Waals surface area contributed by atoms with Crippen LogP contribution in [0.2, 0.25) is 0 Å². The molecule has 0 fully saturated rings. The average Bonchev–Trinajstić information content (AvgIpc) is 2.53. The van der Waals surface area contributed by atoms with Crippen LogP contribution in [0.25, 0.3) is 0 Å². The fraction of sp³-hybridized carbons (Fsp3) is 0.294. The minimum absolute atomic E-state index is 0.0868. The van der Waals surface area contributed by atoms with E-state index in [1.807, 2.05) is 25.2 Å². The average molecular weight is 287 g/mol. The summed E-state index contributed by atoms with van der Waals surface area (Å²) in [5, 5.41) is 3.19. The predicted molar refractivity (Wildman–Crippen MR) is 86.6 cm³/mol. The quantitative estimate of drug-likeness (QED) is 0.773. The summed E-state index contributed by atoms with van der Waals surface area (Å²) >= 11 is 1.74. The summed E-state index contributed by atoms with van der Waals surface area (Å²) in [6.45, 7) is 0.933. The van der Waals surface area contributed by atoms with Crippen molar-refractivity contribution < 1.29 is 4.74 Å². The molecule has 0 aliphatic carbocycles. The lowest BCUT2D eigenvalue weighted by Crippen LogP contribution is -2.16. The Hall–Kier alpha value is -1.45. The lowest BCUT2D eigenvalue weighted by Gasteiger charge is -2.19. The van der Waals surface area contributed by atoms with E-state index in [1.165, 1.54) is 10.5 Å². The molecule has 0 aliphatic rings. The second-order valence-electron chi connectivity index (χ2n) is 4.58. The molecule has 2 nitrogen and oxygen atoms in total. The van der Waals surface area contributed by atoms with Gasteiger partial charge in [0.05, 0.1) is 0 Å². The summed E-state index contributed by atoms with van der Waals surface area (Å²) in [6, 6.07) is 18.7. The van der Waals surface area contributed by atoms with E-state index in [9.17, 15) is 0 Å². The SMILES string of the molecule is CNCC[C@H](Oc1ccc(SC)cc1)c1ccccc1. The Morgan fingerprint density at radius 3 is 2.35 bits per heavy atom. The third-order valence-electron chi connectivity index (χ3n) is 3.17. The highest BCUT2D eigenvalue weighted by atomic mass is 32.2. The molecular weight excluding hydrogens is 266 g/mol. The molecule has 2 aromatic rings. The van der Waals surface area contributed by atoms with Gasteiger partial charge in [0.1, 0.15) is 11.9 Å². The highest BCUT2D eigenvalue weighted by Crippen LogP contribution is 2.26. The van der Waals surface area contributed by atoms with Gasteiger partial charge in [-0.05, 0) is 49.7 Å². The standard InChI is InChI=1S/C17H21NOS/c1-18-13-12-17(14-6-4-3-5-7-14)19-15-8-10-16(20-2)11-9-15/h3-11,17-18H,12-13H2,1-2H3/t17-/m0/s1. The van der Waals surface area contributed by atoms with Gasteiger partial charge in [-0.25, -0.2) is 0 Å². The first-order chi connectivity index (χ1) is 9.83. The van der Waals surface area contributed by atoms with E-state index in [2.05, 4.69) is 48.0 Å². The van der Waals surface area contributed by atoms with E-state index in [0.29, 0.717) is 0 Å². The van der Waals surface area contributed by atoms with Gasteiger partial charge in [-0.3, -0.25) is 0 Å². The molecule has 0 aliphatic heterocycles. The van der Waals surface area contributed by atoms with Gasteiger partial charge in [-0.15, -0.1) is 11.8 Å². The van der Waals surface area contributed by atoms with Crippen LogP contribution in [0.3, 0.4) is 0 Å². The fourth-order valence-electron chi connectivity index (χ4n) is 2.06. The first kappa shape index (κ1) is 14.9. The zero-order valence-corrected chi connectivity index (χ0v) is 12.8. The molecule has 2 aromatic carbocycles. The van der Waals surface area contributed by atoms with E-state index < -0.39 is 0 Å². The molecule has 0 saturated carbocycles. The van der Waals surface area contributed by atoms with Gasteiger partial charge in [0.15, 0.2) is 0 Å². The Morgan fingerprint density at radius 1 is 1.05 bits per heavy atom. The third-order valence-corrected chi connectivity index (χ3v) is 3.91. The molecule has 0 radical (unpaired) electrons. The van der Waals surface area contributed by atoms with Crippen molar-refractivity contribution in [2.24, 2.45) is 0 Å². The van der Waals surface area contributed by atoms with Gasteiger partial charge < -0.3 is 10.1 Å². The maximum atomic E-state index is 6.15. The summed E-state index contributed by atoms with van der Waals surface area (Å²) in [5.41, 5.74) is 1.22. The van der Waals surface area contributed by atoms with Crippen molar-refractivity contribution in [3.8, 4) is 5.75 Å². The van der Waals surface area contributed by atoms with Gasteiger partial charge >= 0.3 is 0 Å². The van der Waals surface area contributed by atoms with Crippen LogP contribution in [0.4, 0.5) is 0 Å². The number of hydrogen-bond donors (Lipinski definition) is 1. The maximum absolute atomic E-state index is 6.15. The highest BCUT2D eigenvalue weighted by molar-refractivity contribution is 7.98. The number of ether oxygens (including phenoxy) is 1. The second kappa shape index (κ2) is 7.98. The molecule has 0 saturated heterocycles. The molecular formula is C17H21NOS. The first-order valence-corrected chi connectivity index (χ1v) is 8.06. The second-order valence-corrected chi connectivity index (χ2v) is 5.46. The number of benzene rings is 2. The van der Waals surface area contributed by atoms with Crippen LogP contribution in [0, 0.1) is 0 Å². The normalized spacial score (nSPS) is 12.1. The van der Waals surface area contributed by atoms with Crippen molar-refractivity contribution in [1.82, 2.24) is 5.32 Å². The molecule has 0 spiro atoms. The van der Waals surface area contributed by atoms with E-state index in [0.717, 1.165) is 18.7 Å². The molecule has 3 heteroatoms. The molecule has 0 aromatic heterocycles. The summed E-state index contributed by atoms with van der Waals surface area (Å²) < 4.78 is 6.15. The molecule has 1 atom stereocenters. The topological polar surface area (TPSA) is 21.3 Å². The number of rotatable bonds is 7. The van der Waals surface area contributed by atoms with Crippen molar-refractivity contribution in [3.05, 3.63) is 60.2 Å². The van der Waals surface area contributed by atoms with E-state index >= 15 is 0 Å². The Labute approximate surface area is 125 Å². The summed E-state index contributed by atoms with van der Waals surface area (Å²) in [5.74, 6) is 0.924. The minimum atomic E-state index is 0.0868. The Kier molecular flexibility index (Phi) is 5.96. The first-order valence-electron chi connectivity index (χ1n) is 6.83. The number of nitrogens with one attached hydrogen (secondary N) is 1.